The van der Waals surface area contributed by atoms with Gasteiger partial charge in [-0.25, -0.2) is 4.39 Å². The van der Waals surface area contributed by atoms with E-state index in [4.69, 9.17) is 5.73 Å². The first-order chi connectivity index (χ1) is 10.9. The smallest absolute Gasteiger partial charge is 0.239 e. The fourth-order valence-electron chi connectivity index (χ4n) is 3.18. The number of piperidine rings is 1. The molecule has 1 aromatic carbocycles. The lowest BCUT2D eigenvalue weighted by molar-refractivity contribution is -0.136. The number of likely N-dealkylation sites (N-methyl/N-ethyl adjacent to an activating group) is 1. The molecule has 0 radical (unpaired) electrons. The second-order valence-electron chi connectivity index (χ2n) is 6.21. The SMILES string of the molecule is CC1CCCCN1C(=O)CN(C)C(C(N)=O)c1cccc(F)c1. The van der Waals surface area contributed by atoms with Crippen LogP contribution in [0.25, 0.3) is 0 Å². The number of primary amides is 1. The van der Waals surface area contributed by atoms with Crippen molar-refractivity contribution in [3.05, 3.63) is 35.6 Å². The number of amides is 2. The summed E-state index contributed by atoms with van der Waals surface area (Å²) in [6, 6.07) is 5.15. The zero-order valence-corrected chi connectivity index (χ0v) is 13.7. The lowest BCUT2D eigenvalue weighted by atomic mass is 10.0. The Morgan fingerprint density at radius 3 is 2.78 bits per heavy atom. The average molecular weight is 321 g/mol. The van der Waals surface area contributed by atoms with Crippen molar-refractivity contribution in [1.29, 1.82) is 0 Å². The van der Waals surface area contributed by atoms with E-state index in [9.17, 15) is 14.0 Å². The largest absolute Gasteiger partial charge is 0.368 e. The monoisotopic (exact) mass is 321 g/mol. The van der Waals surface area contributed by atoms with Gasteiger partial charge in [-0.2, -0.15) is 0 Å². The normalized spacial score (nSPS) is 19.7. The second kappa shape index (κ2) is 7.55. The average Bonchev–Trinajstić information content (AvgIpc) is 2.47. The highest BCUT2D eigenvalue weighted by molar-refractivity contribution is 5.83. The van der Waals surface area contributed by atoms with Crippen LogP contribution >= 0.6 is 0 Å². The zero-order chi connectivity index (χ0) is 17.0. The molecule has 0 spiro atoms. The van der Waals surface area contributed by atoms with Gasteiger partial charge < -0.3 is 10.6 Å². The first kappa shape index (κ1) is 17.4. The second-order valence-corrected chi connectivity index (χ2v) is 6.21. The third kappa shape index (κ3) is 4.28. The van der Waals surface area contributed by atoms with E-state index >= 15 is 0 Å². The number of rotatable bonds is 5. The van der Waals surface area contributed by atoms with E-state index in [1.54, 1.807) is 18.0 Å². The minimum Gasteiger partial charge on any atom is -0.368 e. The fourth-order valence-corrected chi connectivity index (χ4v) is 3.18. The molecule has 2 atom stereocenters. The van der Waals surface area contributed by atoms with Crippen molar-refractivity contribution < 1.29 is 14.0 Å². The Balaban J connectivity index is 2.10. The molecular weight excluding hydrogens is 297 g/mol. The Morgan fingerprint density at radius 1 is 1.43 bits per heavy atom. The van der Waals surface area contributed by atoms with Crippen LogP contribution in [0.15, 0.2) is 24.3 Å². The highest BCUT2D eigenvalue weighted by Crippen LogP contribution is 2.21. The molecule has 1 aliphatic heterocycles. The fraction of sp³-hybridized carbons (Fsp3) is 0.529. The number of carbonyl (C=O) groups is 2. The number of nitrogens with zero attached hydrogens (tertiary/aromatic N) is 2. The van der Waals surface area contributed by atoms with Gasteiger partial charge in [-0.1, -0.05) is 12.1 Å². The molecule has 23 heavy (non-hydrogen) atoms. The molecule has 0 bridgehead atoms. The molecule has 2 rings (SSSR count). The van der Waals surface area contributed by atoms with Crippen molar-refractivity contribution in [1.82, 2.24) is 9.80 Å². The minimum atomic E-state index is -0.824. The molecule has 2 N–H and O–H groups in total. The lowest BCUT2D eigenvalue weighted by Crippen LogP contribution is -2.48. The van der Waals surface area contributed by atoms with E-state index in [2.05, 4.69) is 0 Å². The molecule has 1 saturated heterocycles. The predicted octanol–water partition coefficient (Wildman–Crippen LogP) is 1.68. The molecule has 126 valence electrons. The number of carbonyl (C=O) groups excluding carboxylic acids is 2. The van der Waals surface area contributed by atoms with Crippen molar-refractivity contribution >= 4 is 11.8 Å². The van der Waals surface area contributed by atoms with Gasteiger partial charge in [-0.15, -0.1) is 0 Å². The first-order valence-electron chi connectivity index (χ1n) is 7.94. The van der Waals surface area contributed by atoms with Gasteiger partial charge in [0, 0.05) is 12.6 Å². The van der Waals surface area contributed by atoms with Crippen LogP contribution < -0.4 is 5.73 Å². The summed E-state index contributed by atoms with van der Waals surface area (Å²) in [4.78, 5) is 27.7. The van der Waals surface area contributed by atoms with Gasteiger partial charge in [-0.05, 0) is 50.9 Å². The van der Waals surface area contributed by atoms with Crippen LogP contribution in [-0.4, -0.2) is 47.8 Å². The van der Waals surface area contributed by atoms with Crippen molar-refractivity contribution in [2.24, 2.45) is 5.73 Å². The van der Waals surface area contributed by atoms with E-state index < -0.39 is 17.8 Å². The highest BCUT2D eigenvalue weighted by atomic mass is 19.1. The molecule has 0 saturated carbocycles. The van der Waals surface area contributed by atoms with Gasteiger partial charge >= 0.3 is 0 Å². The standard InChI is InChI=1S/C17H24FN3O2/c1-12-6-3-4-9-21(12)15(22)11-20(2)16(17(19)23)13-7-5-8-14(18)10-13/h5,7-8,10,12,16H,3-4,6,9,11H2,1-2H3,(H2,19,23). The third-order valence-corrected chi connectivity index (χ3v) is 4.38. The number of hydrogen-bond acceptors (Lipinski definition) is 3. The van der Waals surface area contributed by atoms with Gasteiger partial charge in [0.2, 0.25) is 11.8 Å². The summed E-state index contributed by atoms with van der Waals surface area (Å²) in [6.07, 6.45) is 3.13. The molecular formula is C17H24FN3O2. The molecule has 2 unspecified atom stereocenters. The maximum absolute atomic E-state index is 13.4. The summed E-state index contributed by atoms with van der Waals surface area (Å²) < 4.78 is 13.4. The van der Waals surface area contributed by atoms with Gasteiger partial charge in [0.05, 0.1) is 6.54 Å². The van der Waals surface area contributed by atoms with Crippen molar-refractivity contribution in [2.75, 3.05) is 20.1 Å². The molecule has 1 fully saturated rings. The third-order valence-electron chi connectivity index (χ3n) is 4.38. The Labute approximate surface area is 136 Å². The van der Waals surface area contributed by atoms with Crippen LogP contribution in [0.1, 0.15) is 37.8 Å². The molecule has 5 nitrogen and oxygen atoms in total. The molecule has 1 aromatic rings. The van der Waals surface area contributed by atoms with Crippen LogP contribution in [0.3, 0.4) is 0 Å². The number of likely N-dealkylation sites (tertiary alicyclic amines) is 1. The molecule has 6 heteroatoms. The van der Waals surface area contributed by atoms with Crippen LogP contribution in [-0.2, 0) is 9.59 Å². The quantitative estimate of drug-likeness (QED) is 0.897. The van der Waals surface area contributed by atoms with E-state index in [1.807, 2.05) is 11.8 Å². The number of benzene rings is 1. The first-order valence-corrected chi connectivity index (χ1v) is 7.94. The zero-order valence-electron chi connectivity index (χ0n) is 13.7. The van der Waals surface area contributed by atoms with E-state index in [0.29, 0.717) is 5.56 Å². The summed E-state index contributed by atoms with van der Waals surface area (Å²) in [5.41, 5.74) is 5.93. The van der Waals surface area contributed by atoms with Crippen molar-refractivity contribution in [3.63, 3.8) is 0 Å². The van der Waals surface area contributed by atoms with E-state index in [-0.39, 0.29) is 18.5 Å². The Hall–Kier alpha value is -1.95. The van der Waals surface area contributed by atoms with Crippen LogP contribution in [0.2, 0.25) is 0 Å². The van der Waals surface area contributed by atoms with Crippen molar-refractivity contribution in [3.8, 4) is 0 Å². The maximum Gasteiger partial charge on any atom is 0.239 e. The molecule has 0 aliphatic carbocycles. The highest BCUT2D eigenvalue weighted by Gasteiger charge is 2.29. The summed E-state index contributed by atoms with van der Waals surface area (Å²) in [6.45, 7) is 2.86. The lowest BCUT2D eigenvalue weighted by Gasteiger charge is -2.35. The van der Waals surface area contributed by atoms with E-state index in [0.717, 1.165) is 25.8 Å². The summed E-state index contributed by atoms with van der Waals surface area (Å²) in [5, 5.41) is 0. The van der Waals surface area contributed by atoms with Crippen molar-refractivity contribution in [2.45, 2.75) is 38.3 Å². The Bertz CT molecular complexity index is 579. The Kier molecular flexibility index (Phi) is 5.71. The number of hydrogen-bond donors (Lipinski definition) is 1. The van der Waals surface area contributed by atoms with Gasteiger partial charge in [0.15, 0.2) is 0 Å². The minimum absolute atomic E-state index is 0.0256. The van der Waals surface area contributed by atoms with Crippen LogP contribution in [0, 0.1) is 5.82 Å². The molecule has 1 aliphatic rings. The number of nitrogens with two attached hydrogens (primary N) is 1. The topological polar surface area (TPSA) is 66.6 Å². The van der Waals surface area contributed by atoms with Crippen LogP contribution in [0.5, 0.6) is 0 Å². The van der Waals surface area contributed by atoms with E-state index in [1.165, 1.54) is 18.2 Å². The molecule has 0 aromatic heterocycles. The summed E-state index contributed by atoms with van der Waals surface area (Å²) >= 11 is 0. The van der Waals surface area contributed by atoms with Gasteiger partial charge in [0.25, 0.3) is 0 Å². The predicted molar refractivity (Wildman–Crippen MR) is 86.0 cm³/mol. The van der Waals surface area contributed by atoms with Gasteiger partial charge in [-0.3, -0.25) is 14.5 Å². The summed E-state index contributed by atoms with van der Waals surface area (Å²) in [5.74, 6) is -1.06. The van der Waals surface area contributed by atoms with Crippen LogP contribution in [0.4, 0.5) is 4.39 Å². The summed E-state index contributed by atoms with van der Waals surface area (Å²) in [7, 11) is 1.66. The molecule has 2 amide bonds. The number of halogens is 1. The Morgan fingerprint density at radius 2 is 2.17 bits per heavy atom. The molecule has 1 heterocycles. The van der Waals surface area contributed by atoms with Gasteiger partial charge in [0.1, 0.15) is 11.9 Å². The maximum atomic E-state index is 13.4.